The largest absolute Gasteiger partial charge is 0.341 e. The van der Waals surface area contributed by atoms with Crippen LogP contribution >= 0.6 is 0 Å². The molecule has 2 heterocycles. The fraction of sp³-hybridized carbons (Fsp3) is 0.750. The Morgan fingerprint density at radius 3 is 2.83 bits per heavy atom. The van der Waals surface area contributed by atoms with E-state index in [1.54, 1.807) is 10.9 Å². The minimum Gasteiger partial charge on any atom is -0.341 e. The first-order chi connectivity index (χ1) is 8.70. The van der Waals surface area contributed by atoms with Crippen molar-refractivity contribution in [1.29, 1.82) is 0 Å². The molecule has 1 amide bonds. The van der Waals surface area contributed by atoms with Gasteiger partial charge in [-0.25, -0.2) is 4.68 Å². The highest BCUT2D eigenvalue weighted by molar-refractivity contribution is 5.75. The fourth-order valence-electron chi connectivity index (χ4n) is 2.15. The van der Waals surface area contributed by atoms with E-state index in [2.05, 4.69) is 10.3 Å². The van der Waals surface area contributed by atoms with Gasteiger partial charge in [-0.15, -0.1) is 5.10 Å². The molecule has 1 unspecified atom stereocenters. The average molecular weight is 251 g/mol. The second-order valence-electron chi connectivity index (χ2n) is 4.80. The van der Waals surface area contributed by atoms with Crippen LogP contribution in [-0.2, 0) is 11.3 Å². The third-order valence-electron chi connectivity index (χ3n) is 3.38. The Morgan fingerprint density at radius 1 is 1.44 bits per heavy atom. The van der Waals surface area contributed by atoms with Gasteiger partial charge in [-0.05, 0) is 25.7 Å². The molecule has 6 nitrogen and oxygen atoms in total. The second kappa shape index (κ2) is 5.95. The highest BCUT2D eigenvalue weighted by atomic mass is 16.2. The predicted octanol–water partition coefficient (Wildman–Crippen LogP) is 0.700. The first kappa shape index (κ1) is 13.0. The number of aromatic nitrogens is 3. The molecule has 18 heavy (non-hydrogen) atoms. The molecule has 0 bridgehead atoms. The van der Waals surface area contributed by atoms with Gasteiger partial charge in [0.2, 0.25) is 5.91 Å². The van der Waals surface area contributed by atoms with Crippen molar-refractivity contribution in [3.05, 3.63) is 11.9 Å². The molecule has 0 aromatic carbocycles. The number of piperidine rings is 1. The number of carbonyl (C=O) groups is 1. The minimum atomic E-state index is -0.0937. The summed E-state index contributed by atoms with van der Waals surface area (Å²) in [6.07, 6.45) is 6.03. The van der Waals surface area contributed by atoms with E-state index in [4.69, 9.17) is 5.73 Å². The normalized spacial score (nSPS) is 17.8. The number of nitrogens with two attached hydrogens (primary N) is 1. The molecule has 100 valence electrons. The fourth-order valence-corrected chi connectivity index (χ4v) is 2.15. The maximum absolute atomic E-state index is 12.0. The highest BCUT2D eigenvalue weighted by Crippen LogP contribution is 2.11. The van der Waals surface area contributed by atoms with Crippen LogP contribution < -0.4 is 5.73 Å². The van der Waals surface area contributed by atoms with Gasteiger partial charge in [0.15, 0.2) is 0 Å². The zero-order valence-electron chi connectivity index (χ0n) is 10.9. The number of carbonyl (C=O) groups excluding carboxylic acids is 1. The van der Waals surface area contributed by atoms with Crippen molar-refractivity contribution in [3.8, 4) is 0 Å². The van der Waals surface area contributed by atoms with Crippen molar-refractivity contribution in [2.45, 2.75) is 45.2 Å². The Labute approximate surface area is 107 Å². The van der Waals surface area contributed by atoms with Crippen molar-refractivity contribution in [2.24, 2.45) is 5.73 Å². The summed E-state index contributed by atoms with van der Waals surface area (Å²) >= 11 is 0. The first-order valence-electron chi connectivity index (χ1n) is 6.64. The van der Waals surface area contributed by atoms with Gasteiger partial charge < -0.3 is 10.6 Å². The first-order valence-corrected chi connectivity index (χ1v) is 6.64. The van der Waals surface area contributed by atoms with Crippen molar-refractivity contribution in [1.82, 2.24) is 19.9 Å². The summed E-state index contributed by atoms with van der Waals surface area (Å²) in [5.41, 5.74) is 6.62. The monoisotopic (exact) mass is 251 g/mol. The van der Waals surface area contributed by atoms with E-state index in [0.29, 0.717) is 0 Å². The lowest BCUT2D eigenvalue weighted by Crippen LogP contribution is -2.37. The predicted molar refractivity (Wildman–Crippen MR) is 67.7 cm³/mol. The molecule has 1 saturated heterocycles. The van der Waals surface area contributed by atoms with Crippen molar-refractivity contribution in [2.75, 3.05) is 13.1 Å². The lowest BCUT2D eigenvalue weighted by Gasteiger charge is -2.26. The third kappa shape index (κ3) is 3.07. The Hall–Kier alpha value is -1.43. The van der Waals surface area contributed by atoms with Gasteiger partial charge >= 0.3 is 0 Å². The zero-order chi connectivity index (χ0) is 13.0. The Morgan fingerprint density at radius 2 is 2.17 bits per heavy atom. The molecule has 0 saturated carbocycles. The Balaban J connectivity index is 1.92. The minimum absolute atomic E-state index is 0.0937. The summed E-state index contributed by atoms with van der Waals surface area (Å²) in [5, 5.41) is 7.96. The van der Waals surface area contributed by atoms with E-state index in [-0.39, 0.29) is 18.5 Å². The molecule has 6 heteroatoms. The number of likely N-dealkylation sites (tertiary alicyclic amines) is 1. The second-order valence-corrected chi connectivity index (χ2v) is 4.80. The molecule has 2 rings (SSSR count). The Kier molecular flexibility index (Phi) is 4.30. The molecule has 0 radical (unpaired) electrons. The summed E-state index contributed by atoms with van der Waals surface area (Å²) in [4.78, 5) is 13.9. The molecule has 1 fully saturated rings. The van der Waals surface area contributed by atoms with E-state index in [1.165, 1.54) is 6.42 Å². The van der Waals surface area contributed by atoms with E-state index < -0.39 is 0 Å². The average Bonchev–Trinajstić information content (AvgIpc) is 2.87. The molecular weight excluding hydrogens is 230 g/mol. The summed E-state index contributed by atoms with van der Waals surface area (Å²) in [5.74, 6) is 0.121. The quantitative estimate of drug-likeness (QED) is 0.854. The van der Waals surface area contributed by atoms with E-state index in [0.717, 1.165) is 38.0 Å². The van der Waals surface area contributed by atoms with Crippen LogP contribution in [0.15, 0.2) is 6.20 Å². The van der Waals surface area contributed by atoms with E-state index >= 15 is 0 Å². The summed E-state index contributed by atoms with van der Waals surface area (Å²) < 4.78 is 1.59. The van der Waals surface area contributed by atoms with Gasteiger partial charge in [-0.1, -0.05) is 12.1 Å². The van der Waals surface area contributed by atoms with Crippen molar-refractivity contribution < 1.29 is 4.79 Å². The van der Waals surface area contributed by atoms with Crippen LogP contribution in [0.4, 0.5) is 0 Å². The number of nitrogens with zero attached hydrogens (tertiary/aromatic N) is 4. The molecule has 1 aromatic heterocycles. The number of hydrogen-bond donors (Lipinski definition) is 1. The van der Waals surface area contributed by atoms with E-state index in [1.807, 2.05) is 11.8 Å². The molecular formula is C12H21N5O. The van der Waals surface area contributed by atoms with Gasteiger partial charge in [0, 0.05) is 13.1 Å². The number of hydrogen-bond acceptors (Lipinski definition) is 4. The van der Waals surface area contributed by atoms with E-state index in [9.17, 15) is 4.79 Å². The molecule has 1 aliphatic heterocycles. The van der Waals surface area contributed by atoms with Crippen LogP contribution in [0.5, 0.6) is 0 Å². The van der Waals surface area contributed by atoms with Gasteiger partial charge in [-0.2, -0.15) is 0 Å². The zero-order valence-corrected chi connectivity index (χ0v) is 10.9. The van der Waals surface area contributed by atoms with Crippen molar-refractivity contribution >= 4 is 5.91 Å². The van der Waals surface area contributed by atoms with Gasteiger partial charge in [0.1, 0.15) is 6.54 Å². The van der Waals surface area contributed by atoms with Gasteiger partial charge in [-0.3, -0.25) is 4.79 Å². The standard InChI is InChI=1S/C12H21N5O/c1-2-10(13)11-8-17(15-14-11)9-12(18)16-6-4-3-5-7-16/h8,10H,2-7,9,13H2,1H3. The van der Waals surface area contributed by atoms with Crippen LogP contribution in [0.3, 0.4) is 0 Å². The van der Waals surface area contributed by atoms with Crippen LogP contribution in [0, 0.1) is 0 Å². The summed E-state index contributed by atoms with van der Waals surface area (Å²) in [6.45, 7) is 4.01. The lowest BCUT2D eigenvalue weighted by atomic mass is 10.1. The molecule has 1 aliphatic rings. The molecule has 1 aromatic rings. The molecule has 2 N–H and O–H groups in total. The maximum Gasteiger partial charge on any atom is 0.244 e. The highest BCUT2D eigenvalue weighted by Gasteiger charge is 2.17. The number of rotatable bonds is 4. The van der Waals surface area contributed by atoms with Crippen molar-refractivity contribution in [3.63, 3.8) is 0 Å². The third-order valence-corrected chi connectivity index (χ3v) is 3.38. The SMILES string of the molecule is CCC(N)c1cn(CC(=O)N2CCCCC2)nn1. The van der Waals surface area contributed by atoms with Crippen LogP contribution in [0.2, 0.25) is 0 Å². The maximum atomic E-state index is 12.0. The van der Waals surface area contributed by atoms with Gasteiger partial charge in [0.25, 0.3) is 0 Å². The number of amides is 1. The lowest BCUT2D eigenvalue weighted by molar-refractivity contribution is -0.132. The summed E-state index contributed by atoms with van der Waals surface area (Å²) in [6, 6.07) is -0.0937. The summed E-state index contributed by atoms with van der Waals surface area (Å²) in [7, 11) is 0. The van der Waals surface area contributed by atoms with Crippen LogP contribution in [0.1, 0.15) is 44.3 Å². The smallest absolute Gasteiger partial charge is 0.244 e. The molecule has 0 spiro atoms. The van der Waals surface area contributed by atoms with Gasteiger partial charge in [0.05, 0.1) is 17.9 Å². The van der Waals surface area contributed by atoms with Crippen LogP contribution in [-0.4, -0.2) is 38.9 Å². The topological polar surface area (TPSA) is 77.0 Å². The Bertz CT molecular complexity index is 397. The molecule has 1 atom stereocenters. The van der Waals surface area contributed by atoms with Crippen LogP contribution in [0.25, 0.3) is 0 Å². The molecule has 0 aliphatic carbocycles.